The molecule has 0 radical (unpaired) electrons. The highest BCUT2D eigenvalue weighted by Crippen LogP contribution is 2.28. The molecule has 1 amide bonds. The number of hydrogen-bond acceptors (Lipinski definition) is 2. The number of para-hydroxylation sites is 1. The monoisotopic (exact) mass is 408 g/mol. The van der Waals surface area contributed by atoms with Crippen molar-refractivity contribution in [3.63, 3.8) is 0 Å². The number of thioether (sulfide) groups is 1. The van der Waals surface area contributed by atoms with Crippen LogP contribution < -0.4 is 4.90 Å². The molecule has 4 heteroatoms. The molecule has 0 saturated heterocycles. The third-order valence-electron chi connectivity index (χ3n) is 5.24. The lowest BCUT2D eigenvalue weighted by atomic mass is 10.1. The summed E-state index contributed by atoms with van der Waals surface area (Å²) in [6.07, 6.45) is 9.16. The van der Waals surface area contributed by atoms with Crippen LogP contribution in [0.3, 0.4) is 0 Å². The molecule has 3 aromatic rings. The first-order chi connectivity index (χ1) is 14.2. The quantitative estimate of drug-likeness (QED) is 0.267. The molecule has 1 heterocycles. The van der Waals surface area contributed by atoms with E-state index in [1.807, 2.05) is 41.4 Å². The second kappa shape index (κ2) is 11.1. The van der Waals surface area contributed by atoms with E-state index in [4.69, 9.17) is 0 Å². The lowest BCUT2D eigenvalue weighted by Crippen LogP contribution is -2.31. The van der Waals surface area contributed by atoms with Gasteiger partial charge in [-0.05, 0) is 42.5 Å². The maximum Gasteiger partial charge on any atom is 0.260 e. The maximum atomic E-state index is 13.6. The Kier molecular flexibility index (Phi) is 8.24. The van der Waals surface area contributed by atoms with Crippen molar-refractivity contribution in [2.24, 2.45) is 0 Å². The van der Waals surface area contributed by atoms with E-state index >= 15 is 0 Å². The minimum Gasteiger partial charge on any atom is -0.360 e. The van der Waals surface area contributed by atoms with Crippen molar-refractivity contribution in [3.05, 3.63) is 60.3 Å². The molecule has 0 bridgehead atoms. The van der Waals surface area contributed by atoms with Gasteiger partial charge < -0.3 is 9.88 Å². The van der Waals surface area contributed by atoms with Gasteiger partial charge in [-0.25, -0.2) is 0 Å². The number of carbonyl (C=O) groups excluding carboxylic acids is 1. The molecule has 3 rings (SSSR count). The van der Waals surface area contributed by atoms with Gasteiger partial charge in [0.1, 0.15) is 0 Å². The average Bonchev–Trinajstić information content (AvgIpc) is 3.17. The van der Waals surface area contributed by atoms with Gasteiger partial charge in [0.25, 0.3) is 5.91 Å². The van der Waals surface area contributed by atoms with Crippen LogP contribution in [0.2, 0.25) is 0 Å². The number of fused-ring (bicyclic) bond motifs is 1. The average molecular weight is 409 g/mol. The standard InChI is InChI=1S/C25H32N2OS/c1-3-5-6-7-8-12-17-27(20-13-10-9-11-14-20)25(28)23-19-26-24-16-15-21(29-4-2)18-22(23)24/h9-11,13-16,18-19,26H,3-8,12,17H2,1-2H3. The molecule has 0 unspecified atom stereocenters. The Labute approximate surface area is 178 Å². The number of aromatic amines is 1. The van der Waals surface area contributed by atoms with Crippen molar-refractivity contribution in [2.45, 2.75) is 57.3 Å². The van der Waals surface area contributed by atoms with Gasteiger partial charge in [-0.3, -0.25) is 4.79 Å². The van der Waals surface area contributed by atoms with Crippen LogP contribution in [0.1, 0.15) is 62.7 Å². The summed E-state index contributed by atoms with van der Waals surface area (Å²) in [5.74, 6) is 1.10. The van der Waals surface area contributed by atoms with Crippen molar-refractivity contribution >= 4 is 34.3 Å². The minimum absolute atomic E-state index is 0.0784. The number of unbranched alkanes of at least 4 members (excludes halogenated alkanes) is 5. The van der Waals surface area contributed by atoms with Crippen molar-refractivity contribution in [1.82, 2.24) is 4.98 Å². The molecule has 29 heavy (non-hydrogen) atoms. The highest BCUT2D eigenvalue weighted by Gasteiger charge is 2.20. The van der Waals surface area contributed by atoms with Gasteiger partial charge in [-0.1, -0.05) is 64.2 Å². The summed E-state index contributed by atoms with van der Waals surface area (Å²) < 4.78 is 0. The van der Waals surface area contributed by atoms with Crippen LogP contribution >= 0.6 is 11.8 Å². The van der Waals surface area contributed by atoms with E-state index in [1.165, 1.54) is 37.0 Å². The SMILES string of the molecule is CCCCCCCCN(C(=O)c1c[nH]c2ccc(SCC)cc12)c1ccccc1. The van der Waals surface area contributed by atoms with Gasteiger partial charge in [0.05, 0.1) is 5.56 Å². The second-order valence-electron chi connectivity index (χ2n) is 7.40. The summed E-state index contributed by atoms with van der Waals surface area (Å²) >= 11 is 1.80. The Morgan fingerprint density at radius 1 is 0.966 bits per heavy atom. The Bertz CT molecular complexity index is 904. The van der Waals surface area contributed by atoms with Crippen LogP contribution in [0.25, 0.3) is 10.9 Å². The normalized spacial score (nSPS) is 11.1. The first kappa shape index (κ1) is 21.5. The van der Waals surface area contributed by atoms with Crippen LogP contribution in [0, 0.1) is 0 Å². The fourth-order valence-electron chi connectivity index (χ4n) is 3.68. The number of amides is 1. The van der Waals surface area contributed by atoms with E-state index in [2.05, 4.69) is 37.0 Å². The van der Waals surface area contributed by atoms with E-state index in [1.54, 1.807) is 11.8 Å². The summed E-state index contributed by atoms with van der Waals surface area (Å²) in [7, 11) is 0. The Balaban J connectivity index is 1.80. The summed E-state index contributed by atoms with van der Waals surface area (Å²) in [6.45, 7) is 5.14. The topological polar surface area (TPSA) is 36.1 Å². The number of H-pyrrole nitrogens is 1. The number of benzene rings is 2. The van der Waals surface area contributed by atoms with E-state index in [-0.39, 0.29) is 5.91 Å². The van der Waals surface area contributed by atoms with Gasteiger partial charge >= 0.3 is 0 Å². The molecule has 3 nitrogen and oxygen atoms in total. The number of anilines is 1. The Hall–Kier alpha value is -2.20. The van der Waals surface area contributed by atoms with Crippen LogP contribution in [0.15, 0.2) is 59.6 Å². The number of hydrogen-bond donors (Lipinski definition) is 1. The zero-order valence-electron chi connectivity index (χ0n) is 17.6. The molecule has 0 aliphatic carbocycles. The molecule has 154 valence electrons. The second-order valence-corrected chi connectivity index (χ2v) is 8.74. The third-order valence-corrected chi connectivity index (χ3v) is 6.12. The lowest BCUT2D eigenvalue weighted by molar-refractivity contribution is 0.0988. The van der Waals surface area contributed by atoms with Gasteiger partial charge in [-0.15, -0.1) is 11.8 Å². The molecule has 0 aliphatic heterocycles. The fourth-order valence-corrected chi connectivity index (χ4v) is 4.38. The van der Waals surface area contributed by atoms with Crippen LogP contribution in [-0.4, -0.2) is 23.2 Å². The molecule has 0 spiro atoms. The largest absolute Gasteiger partial charge is 0.360 e. The molecule has 1 N–H and O–H groups in total. The molecule has 0 saturated carbocycles. The third kappa shape index (κ3) is 5.66. The van der Waals surface area contributed by atoms with Gasteiger partial charge in [0, 0.05) is 34.2 Å². The number of nitrogens with one attached hydrogen (secondary N) is 1. The van der Waals surface area contributed by atoms with Gasteiger partial charge in [0.2, 0.25) is 0 Å². The minimum atomic E-state index is 0.0784. The molecule has 0 aliphatic rings. The highest BCUT2D eigenvalue weighted by molar-refractivity contribution is 7.99. The number of carbonyl (C=O) groups is 1. The zero-order valence-corrected chi connectivity index (χ0v) is 18.4. The summed E-state index contributed by atoms with van der Waals surface area (Å²) in [5.41, 5.74) is 2.74. The summed E-state index contributed by atoms with van der Waals surface area (Å²) in [4.78, 5) is 20.0. The van der Waals surface area contributed by atoms with Crippen LogP contribution in [0.4, 0.5) is 5.69 Å². The van der Waals surface area contributed by atoms with Crippen molar-refractivity contribution in [1.29, 1.82) is 0 Å². The van der Waals surface area contributed by atoms with Crippen molar-refractivity contribution in [2.75, 3.05) is 17.2 Å². The van der Waals surface area contributed by atoms with Crippen LogP contribution in [0.5, 0.6) is 0 Å². The Morgan fingerprint density at radius 2 is 1.72 bits per heavy atom. The predicted octanol–water partition coefficient (Wildman–Crippen LogP) is 7.29. The number of rotatable bonds is 11. The summed E-state index contributed by atoms with van der Waals surface area (Å²) in [5, 5.41) is 1.01. The van der Waals surface area contributed by atoms with Gasteiger partial charge in [0.15, 0.2) is 0 Å². The molecule has 1 aromatic heterocycles. The summed E-state index contributed by atoms with van der Waals surface area (Å²) in [6, 6.07) is 16.4. The van der Waals surface area contributed by atoms with E-state index in [0.717, 1.165) is 40.9 Å². The molecular formula is C25H32N2OS. The van der Waals surface area contributed by atoms with E-state index in [9.17, 15) is 4.79 Å². The first-order valence-corrected chi connectivity index (χ1v) is 11.8. The molecule has 0 fully saturated rings. The molecule has 0 atom stereocenters. The maximum absolute atomic E-state index is 13.6. The van der Waals surface area contributed by atoms with Crippen molar-refractivity contribution in [3.8, 4) is 0 Å². The number of aromatic nitrogens is 1. The first-order valence-electron chi connectivity index (χ1n) is 10.9. The fraction of sp³-hybridized carbons (Fsp3) is 0.400. The predicted molar refractivity (Wildman–Crippen MR) is 126 cm³/mol. The Morgan fingerprint density at radius 3 is 2.48 bits per heavy atom. The van der Waals surface area contributed by atoms with Gasteiger partial charge in [-0.2, -0.15) is 0 Å². The van der Waals surface area contributed by atoms with Crippen LogP contribution in [-0.2, 0) is 0 Å². The highest BCUT2D eigenvalue weighted by atomic mass is 32.2. The number of nitrogens with zero attached hydrogens (tertiary/aromatic N) is 1. The lowest BCUT2D eigenvalue weighted by Gasteiger charge is -2.23. The van der Waals surface area contributed by atoms with E-state index < -0.39 is 0 Å². The molecular weight excluding hydrogens is 376 g/mol. The zero-order chi connectivity index (χ0) is 20.5. The smallest absolute Gasteiger partial charge is 0.260 e. The van der Waals surface area contributed by atoms with Crippen molar-refractivity contribution < 1.29 is 4.79 Å². The van der Waals surface area contributed by atoms with E-state index in [0.29, 0.717) is 0 Å². The molecule has 2 aromatic carbocycles.